The lowest BCUT2D eigenvalue weighted by Gasteiger charge is -2.34. The van der Waals surface area contributed by atoms with Crippen LogP contribution in [-0.2, 0) is 4.79 Å². The van der Waals surface area contributed by atoms with Crippen LogP contribution in [-0.4, -0.2) is 13.5 Å². The van der Waals surface area contributed by atoms with E-state index in [1.807, 2.05) is 6.08 Å². The minimum atomic E-state index is -1.83. The Morgan fingerprint density at radius 1 is 1.00 bits per heavy atom. The van der Waals surface area contributed by atoms with E-state index >= 15 is 0 Å². The maximum Gasteiger partial charge on any atom is 0.137 e. The molecule has 0 unspecified atom stereocenters. The van der Waals surface area contributed by atoms with Gasteiger partial charge in [-0.25, -0.2) is 0 Å². The summed E-state index contributed by atoms with van der Waals surface area (Å²) in [6.45, 7) is 17.2. The minimum Gasteiger partial charge on any atom is -0.301 e. The molecule has 0 rings (SSSR count). The Hall–Kier alpha value is -0.373. The Labute approximate surface area is 96.0 Å². The van der Waals surface area contributed by atoms with Gasteiger partial charge in [0.1, 0.15) is 13.5 Å². The van der Waals surface area contributed by atoms with Gasteiger partial charge in [0.2, 0.25) is 0 Å². The van der Waals surface area contributed by atoms with Crippen LogP contribution >= 0.6 is 0 Å². The fourth-order valence-corrected chi connectivity index (χ4v) is 2.14. The van der Waals surface area contributed by atoms with Gasteiger partial charge < -0.3 is 4.79 Å². The number of carbonyl (C=O) groups excluding carboxylic acids is 1. The van der Waals surface area contributed by atoms with E-state index in [0.717, 1.165) is 0 Å². The van der Waals surface area contributed by atoms with Gasteiger partial charge in [0, 0.05) is 0 Å². The van der Waals surface area contributed by atoms with Crippen LogP contribution in [0.4, 0.5) is 0 Å². The van der Waals surface area contributed by atoms with E-state index in [0.29, 0.717) is 5.41 Å². The van der Waals surface area contributed by atoms with Crippen molar-refractivity contribution in [1.82, 2.24) is 0 Å². The van der Waals surface area contributed by atoms with Crippen molar-refractivity contribution in [3.63, 3.8) is 0 Å². The molecule has 2 heteroatoms. The van der Waals surface area contributed by atoms with E-state index in [4.69, 9.17) is 0 Å². The van der Waals surface area contributed by atoms with Crippen LogP contribution < -0.4 is 0 Å². The van der Waals surface area contributed by atoms with E-state index in [1.54, 1.807) is 6.08 Å². The molecule has 0 aromatic heterocycles. The van der Waals surface area contributed by atoms with Crippen molar-refractivity contribution in [3.8, 4) is 0 Å². The fourth-order valence-electron chi connectivity index (χ4n) is 0.904. The molecule has 88 valence electrons. The highest BCUT2D eigenvalue weighted by Gasteiger charge is 2.40. The van der Waals surface area contributed by atoms with E-state index in [-0.39, 0.29) is 10.5 Å². The van der Waals surface area contributed by atoms with Crippen molar-refractivity contribution >= 4 is 13.5 Å². The number of rotatable bonds is 2. The smallest absolute Gasteiger partial charge is 0.137 e. The second-order valence-corrected chi connectivity index (χ2v) is 12.2. The van der Waals surface area contributed by atoms with Crippen LogP contribution in [0.25, 0.3) is 0 Å². The molecule has 0 saturated heterocycles. The van der Waals surface area contributed by atoms with Gasteiger partial charge in [-0.15, -0.1) is 0 Å². The van der Waals surface area contributed by atoms with Gasteiger partial charge in [0.25, 0.3) is 0 Å². The zero-order valence-corrected chi connectivity index (χ0v) is 12.6. The van der Waals surface area contributed by atoms with E-state index in [9.17, 15) is 4.79 Å². The van der Waals surface area contributed by atoms with Crippen LogP contribution in [0.15, 0.2) is 12.2 Å². The highest BCUT2D eigenvalue weighted by molar-refractivity contribution is 7.07. The number of hydrogen-bond acceptors (Lipinski definition) is 1. The summed E-state index contributed by atoms with van der Waals surface area (Å²) >= 11 is 0. The zero-order valence-electron chi connectivity index (χ0n) is 11.6. The first-order chi connectivity index (χ1) is 6.38. The molecule has 0 N–H and O–H groups in total. The average molecular weight is 226 g/mol. The molecule has 0 saturated carbocycles. The first-order valence-corrected chi connectivity index (χ1v) is 8.61. The molecule has 0 aromatic carbocycles. The van der Waals surface area contributed by atoms with Crippen LogP contribution in [0.5, 0.6) is 0 Å². The Morgan fingerprint density at radius 2 is 1.40 bits per heavy atom. The fraction of sp³-hybridized carbons (Fsp3) is 0.769. The molecule has 15 heavy (non-hydrogen) atoms. The monoisotopic (exact) mass is 226 g/mol. The van der Waals surface area contributed by atoms with Gasteiger partial charge >= 0.3 is 0 Å². The first-order valence-electron chi connectivity index (χ1n) is 5.61. The normalized spacial score (nSPS) is 14.7. The van der Waals surface area contributed by atoms with Gasteiger partial charge in [-0.05, 0) is 16.5 Å². The predicted octanol–water partition coefficient (Wildman–Crippen LogP) is 4.21. The third-order valence-electron chi connectivity index (χ3n) is 3.23. The summed E-state index contributed by atoms with van der Waals surface area (Å²) in [6.07, 6.45) is 3.83. The molecule has 0 amide bonds. The van der Waals surface area contributed by atoms with Crippen molar-refractivity contribution in [3.05, 3.63) is 12.2 Å². The topological polar surface area (TPSA) is 17.1 Å². The number of carbonyl (C=O) groups is 1. The SMILES string of the molecule is CC(C)(C)/C=C/C(=O)[Si](C)(C)C(C)(C)C. The summed E-state index contributed by atoms with van der Waals surface area (Å²) < 4.78 is 0. The quantitative estimate of drug-likeness (QED) is 0.509. The minimum absolute atomic E-state index is 0.0953. The zero-order chi connectivity index (χ0) is 12.5. The highest BCUT2D eigenvalue weighted by Crippen LogP contribution is 2.36. The van der Waals surface area contributed by atoms with Gasteiger partial charge in [-0.3, -0.25) is 0 Å². The van der Waals surface area contributed by atoms with E-state index < -0.39 is 8.07 Å². The van der Waals surface area contributed by atoms with Crippen LogP contribution in [0.2, 0.25) is 18.1 Å². The van der Waals surface area contributed by atoms with Crippen LogP contribution in [0.1, 0.15) is 41.5 Å². The molecule has 0 fully saturated rings. The molecule has 0 aliphatic heterocycles. The van der Waals surface area contributed by atoms with Crippen LogP contribution in [0, 0.1) is 5.41 Å². The molecule has 1 nitrogen and oxygen atoms in total. The lowest BCUT2D eigenvalue weighted by Crippen LogP contribution is -2.45. The number of allylic oxidation sites excluding steroid dienone is 2. The molecule has 0 atom stereocenters. The summed E-state index contributed by atoms with van der Waals surface area (Å²) in [5.41, 5.74) is 0.0953. The van der Waals surface area contributed by atoms with Gasteiger partial charge in [0.05, 0.1) is 0 Å². The summed E-state index contributed by atoms with van der Waals surface area (Å²) in [7, 11) is -1.83. The molecule has 0 radical (unpaired) electrons. The average Bonchev–Trinajstić information content (AvgIpc) is 1.96. The Bertz CT molecular complexity index is 261. The standard InChI is InChI=1S/C13H26OSi/c1-12(2,3)10-9-11(14)15(7,8)13(4,5)6/h9-10H,1-8H3/b10-9+. The van der Waals surface area contributed by atoms with E-state index in [2.05, 4.69) is 54.6 Å². The Balaban J connectivity index is 4.82. The lowest BCUT2D eigenvalue weighted by atomic mass is 9.97. The predicted molar refractivity (Wildman–Crippen MR) is 70.8 cm³/mol. The molecule has 0 aliphatic rings. The van der Waals surface area contributed by atoms with Gasteiger partial charge in [0.15, 0.2) is 0 Å². The second-order valence-electron chi connectivity index (χ2n) is 6.94. The summed E-state index contributed by atoms with van der Waals surface area (Å²) in [5, 5.41) is 0.483. The van der Waals surface area contributed by atoms with Gasteiger partial charge in [-0.2, -0.15) is 0 Å². The highest BCUT2D eigenvalue weighted by atomic mass is 28.3. The Morgan fingerprint density at radius 3 is 1.67 bits per heavy atom. The molecule has 0 bridgehead atoms. The third kappa shape index (κ3) is 4.33. The van der Waals surface area contributed by atoms with Crippen molar-refractivity contribution in [2.75, 3.05) is 0 Å². The first kappa shape index (κ1) is 14.6. The van der Waals surface area contributed by atoms with Crippen LogP contribution in [0.3, 0.4) is 0 Å². The summed E-state index contributed by atoms with van der Waals surface area (Å²) in [6, 6.07) is 0. The molecule has 0 heterocycles. The van der Waals surface area contributed by atoms with Crippen molar-refractivity contribution in [2.24, 2.45) is 5.41 Å². The third-order valence-corrected chi connectivity index (χ3v) is 8.37. The van der Waals surface area contributed by atoms with Crippen molar-refractivity contribution in [1.29, 1.82) is 0 Å². The molecular formula is C13H26OSi. The maximum atomic E-state index is 12.1. The number of hydrogen-bond donors (Lipinski definition) is 0. The second kappa shape index (κ2) is 4.24. The largest absolute Gasteiger partial charge is 0.301 e. The maximum absolute atomic E-state index is 12.1. The molecule has 0 spiro atoms. The van der Waals surface area contributed by atoms with E-state index in [1.165, 1.54) is 0 Å². The Kier molecular flexibility index (Phi) is 4.14. The summed E-state index contributed by atoms with van der Waals surface area (Å²) in [4.78, 5) is 12.1. The van der Waals surface area contributed by atoms with Gasteiger partial charge in [-0.1, -0.05) is 60.7 Å². The van der Waals surface area contributed by atoms with Crippen molar-refractivity contribution in [2.45, 2.75) is 59.7 Å². The molecule has 0 aromatic rings. The molecule has 0 aliphatic carbocycles. The van der Waals surface area contributed by atoms with Crippen molar-refractivity contribution < 1.29 is 4.79 Å². The lowest BCUT2D eigenvalue weighted by molar-refractivity contribution is -0.108. The summed E-state index contributed by atoms with van der Waals surface area (Å²) in [5.74, 6) is 0. The molecular weight excluding hydrogens is 200 g/mol.